The van der Waals surface area contributed by atoms with Gasteiger partial charge in [-0.1, -0.05) is 49.8 Å². The lowest BCUT2D eigenvalue weighted by Gasteiger charge is -2.20. The van der Waals surface area contributed by atoms with E-state index in [1.807, 2.05) is 0 Å². The summed E-state index contributed by atoms with van der Waals surface area (Å²) in [5, 5.41) is 19.4. The molecule has 1 aliphatic carbocycles. The predicted octanol–water partition coefficient (Wildman–Crippen LogP) is 5.07. The van der Waals surface area contributed by atoms with Crippen LogP contribution >= 0.6 is 0 Å². The Bertz CT molecular complexity index is 491. The average Bonchev–Trinajstić information content (AvgIpc) is 3.06. The second-order valence-corrected chi connectivity index (χ2v) is 7.60. The Morgan fingerprint density at radius 2 is 1.81 bits per heavy atom. The zero-order chi connectivity index (χ0) is 20.0. The number of allylic oxidation sites excluding steroid dienone is 6. The van der Waals surface area contributed by atoms with Gasteiger partial charge in [-0.15, -0.1) is 0 Å². The number of aliphatic hydroxyl groups is 2. The van der Waals surface area contributed by atoms with Gasteiger partial charge in [-0.2, -0.15) is 0 Å². The monoisotopic (exact) mass is 378 g/mol. The van der Waals surface area contributed by atoms with Crippen molar-refractivity contribution < 1.29 is 19.7 Å². The molecule has 1 rings (SSSR count). The van der Waals surface area contributed by atoms with E-state index < -0.39 is 11.8 Å². The molecule has 2 N–H and O–H groups in total. The van der Waals surface area contributed by atoms with Crippen LogP contribution in [0.3, 0.4) is 0 Å². The molecular weight excluding hydrogens is 340 g/mol. The number of unbranched alkanes of at least 4 members (excludes halogenated alkanes) is 2. The van der Waals surface area contributed by atoms with Crippen LogP contribution in [0.15, 0.2) is 36.5 Å². The molecule has 1 fully saturated rings. The molecule has 27 heavy (non-hydrogen) atoms. The van der Waals surface area contributed by atoms with Crippen molar-refractivity contribution >= 4 is 5.97 Å². The van der Waals surface area contributed by atoms with Crippen molar-refractivity contribution in [1.29, 1.82) is 0 Å². The first-order valence-electron chi connectivity index (χ1n) is 10.5. The SMILES string of the molecule is CC/C=C/CC/C=C/[C@H]1CCC[C@@H]1C/C=C\CCCC(O)(O)COC(C)=O. The van der Waals surface area contributed by atoms with Crippen LogP contribution in [0.1, 0.15) is 78.1 Å². The van der Waals surface area contributed by atoms with Gasteiger partial charge in [0.25, 0.3) is 0 Å². The molecule has 0 aromatic heterocycles. The van der Waals surface area contributed by atoms with Crippen molar-refractivity contribution in [3.63, 3.8) is 0 Å². The Labute approximate surface area is 165 Å². The smallest absolute Gasteiger partial charge is 0.302 e. The molecular formula is C23H38O4. The summed E-state index contributed by atoms with van der Waals surface area (Å²) in [5.41, 5.74) is 0. The number of esters is 1. The van der Waals surface area contributed by atoms with Gasteiger partial charge >= 0.3 is 5.97 Å². The van der Waals surface area contributed by atoms with E-state index >= 15 is 0 Å². The third kappa shape index (κ3) is 11.8. The zero-order valence-electron chi connectivity index (χ0n) is 17.1. The fourth-order valence-corrected chi connectivity index (χ4v) is 3.54. The second-order valence-electron chi connectivity index (χ2n) is 7.60. The molecule has 0 radical (unpaired) electrons. The highest BCUT2D eigenvalue weighted by molar-refractivity contribution is 5.65. The van der Waals surface area contributed by atoms with E-state index in [0.717, 1.165) is 38.0 Å². The summed E-state index contributed by atoms with van der Waals surface area (Å²) in [5.74, 6) is -0.980. The molecule has 0 heterocycles. The van der Waals surface area contributed by atoms with E-state index in [-0.39, 0.29) is 13.0 Å². The van der Waals surface area contributed by atoms with Crippen LogP contribution in [0.4, 0.5) is 0 Å². The number of hydrogen-bond donors (Lipinski definition) is 2. The van der Waals surface area contributed by atoms with E-state index in [1.54, 1.807) is 0 Å². The summed E-state index contributed by atoms with van der Waals surface area (Å²) in [6.07, 6.45) is 23.7. The van der Waals surface area contributed by atoms with Crippen LogP contribution in [-0.2, 0) is 9.53 Å². The van der Waals surface area contributed by atoms with Crippen molar-refractivity contribution in [1.82, 2.24) is 0 Å². The van der Waals surface area contributed by atoms with E-state index in [4.69, 9.17) is 0 Å². The molecule has 1 saturated carbocycles. The van der Waals surface area contributed by atoms with Gasteiger partial charge in [-0.3, -0.25) is 4.79 Å². The van der Waals surface area contributed by atoms with Gasteiger partial charge in [0.15, 0.2) is 5.79 Å². The molecule has 0 unspecified atom stereocenters. The molecule has 0 amide bonds. The minimum Gasteiger partial charge on any atom is -0.460 e. The van der Waals surface area contributed by atoms with Crippen LogP contribution in [0, 0.1) is 11.8 Å². The van der Waals surface area contributed by atoms with Gasteiger partial charge in [-0.05, 0) is 63.2 Å². The van der Waals surface area contributed by atoms with Crippen LogP contribution in [-0.4, -0.2) is 28.6 Å². The van der Waals surface area contributed by atoms with Gasteiger partial charge in [0.1, 0.15) is 6.61 Å². The highest BCUT2D eigenvalue weighted by atomic mass is 16.6. The van der Waals surface area contributed by atoms with Gasteiger partial charge < -0.3 is 14.9 Å². The molecule has 154 valence electrons. The quantitative estimate of drug-likeness (QED) is 0.203. The maximum atomic E-state index is 10.7. The number of rotatable bonds is 13. The highest BCUT2D eigenvalue weighted by Crippen LogP contribution is 2.35. The lowest BCUT2D eigenvalue weighted by Crippen LogP contribution is -2.34. The molecule has 0 aromatic carbocycles. The molecule has 0 saturated heterocycles. The van der Waals surface area contributed by atoms with Crippen LogP contribution in [0.5, 0.6) is 0 Å². The minimum absolute atomic E-state index is 0.200. The van der Waals surface area contributed by atoms with E-state index in [2.05, 4.69) is 48.1 Å². The van der Waals surface area contributed by atoms with E-state index in [9.17, 15) is 15.0 Å². The maximum Gasteiger partial charge on any atom is 0.302 e. The fraction of sp³-hybridized carbons (Fsp3) is 0.696. The molecule has 1 aliphatic rings. The normalized spacial score (nSPS) is 21.0. The van der Waals surface area contributed by atoms with Crippen LogP contribution < -0.4 is 0 Å². The first-order valence-corrected chi connectivity index (χ1v) is 10.5. The summed E-state index contributed by atoms with van der Waals surface area (Å²) < 4.78 is 4.66. The summed E-state index contributed by atoms with van der Waals surface area (Å²) in [4.78, 5) is 10.7. The first kappa shape index (κ1) is 23.6. The van der Waals surface area contributed by atoms with Gasteiger partial charge in [0.2, 0.25) is 0 Å². The first-order chi connectivity index (χ1) is 12.9. The highest BCUT2D eigenvalue weighted by Gasteiger charge is 2.24. The second kappa shape index (κ2) is 13.7. The lowest BCUT2D eigenvalue weighted by atomic mass is 9.92. The topological polar surface area (TPSA) is 66.8 Å². The summed E-state index contributed by atoms with van der Waals surface area (Å²) in [6.45, 7) is 3.06. The largest absolute Gasteiger partial charge is 0.460 e. The van der Waals surface area contributed by atoms with Gasteiger partial charge in [0, 0.05) is 13.3 Å². The number of hydrogen-bond acceptors (Lipinski definition) is 4. The molecule has 0 bridgehead atoms. The Hall–Kier alpha value is -1.39. The minimum atomic E-state index is -1.92. The zero-order valence-corrected chi connectivity index (χ0v) is 17.1. The van der Waals surface area contributed by atoms with Crippen molar-refractivity contribution in [3.8, 4) is 0 Å². The molecule has 0 aliphatic heterocycles. The predicted molar refractivity (Wildman–Crippen MR) is 110 cm³/mol. The molecule has 0 aromatic rings. The average molecular weight is 379 g/mol. The Balaban J connectivity index is 2.20. The van der Waals surface area contributed by atoms with Crippen molar-refractivity contribution in [2.75, 3.05) is 6.61 Å². The van der Waals surface area contributed by atoms with Crippen molar-refractivity contribution in [2.24, 2.45) is 11.8 Å². The number of carbonyl (C=O) groups excluding carboxylic acids is 1. The van der Waals surface area contributed by atoms with E-state index in [0.29, 0.717) is 12.3 Å². The van der Waals surface area contributed by atoms with E-state index in [1.165, 1.54) is 26.2 Å². The fourth-order valence-electron chi connectivity index (χ4n) is 3.54. The maximum absolute atomic E-state index is 10.7. The molecule has 4 heteroatoms. The van der Waals surface area contributed by atoms with Gasteiger partial charge in [0.05, 0.1) is 0 Å². The molecule has 4 nitrogen and oxygen atoms in total. The number of carbonyl (C=O) groups is 1. The van der Waals surface area contributed by atoms with Gasteiger partial charge in [-0.25, -0.2) is 0 Å². The lowest BCUT2D eigenvalue weighted by molar-refractivity contribution is -0.204. The molecule has 2 atom stereocenters. The number of ether oxygens (including phenoxy) is 1. The summed E-state index contributed by atoms with van der Waals surface area (Å²) >= 11 is 0. The third-order valence-electron chi connectivity index (χ3n) is 5.06. The van der Waals surface area contributed by atoms with Crippen LogP contribution in [0.25, 0.3) is 0 Å². The Kier molecular flexibility index (Phi) is 12.0. The van der Waals surface area contributed by atoms with Crippen LogP contribution in [0.2, 0.25) is 0 Å². The van der Waals surface area contributed by atoms with Crippen molar-refractivity contribution in [3.05, 3.63) is 36.5 Å². The van der Waals surface area contributed by atoms with Crippen molar-refractivity contribution in [2.45, 2.75) is 83.8 Å². The summed E-state index contributed by atoms with van der Waals surface area (Å²) in [7, 11) is 0. The molecule has 0 spiro atoms. The Morgan fingerprint density at radius 1 is 1.07 bits per heavy atom. The Morgan fingerprint density at radius 3 is 2.56 bits per heavy atom. The third-order valence-corrected chi connectivity index (χ3v) is 5.06. The summed E-state index contributed by atoms with van der Waals surface area (Å²) in [6, 6.07) is 0. The standard InChI is InChI=1S/C23H38O4/c1-3-4-5-6-7-10-14-21-16-13-17-22(21)15-11-8-9-12-18-23(25,26)19-27-20(2)24/h4-5,8,10-11,14,21-22,25-26H,3,6-7,9,12-13,15-19H2,1-2H3/b5-4+,11-8-,14-10+/t21-,22-/m0/s1.